The zero-order valence-corrected chi connectivity index (χ0v) is 9.67. The first-order chi connectivity index (χ1) is 6.70. The number of aromatic nitrogens is 1. The van der Waals surface area contributed by atoms with Gasteiger partial charge in [0.2, 0.25) is 0 Å². The molecule has 1 aromatic rings. The van der Waals surface area contributed by atoms with Crippen LogP contribution in [0.4, 0.5) is 0 Å². The topological polar surface area (TPSA) is 34.0 Å². The van der Waals surface area contributed by atoms with Crippen molar-refractivity contribution < 1.29 is 4.79 Å². The van der Waals surface area contributed by atoms with E-state index < -0.39 is 0 Å². The van der Waals surface area contributed by atoms with Crippen LogP contribution in [0, 0.1) is 0 Å². The fourth-order valence-corrected chi connectivity index (χ4v) is 1.88. The van der Waals surface area contributed by atoms with Crippen LogP contribution in [-0.2, 0) is 6.54 Å². The maximum atomic E-state index is 11.7. The standard InChI is InChI=1S/C10H13BrN2O/c1-2-13-6-7(11)5-9(13)10(14)12-8-3-4-8/h5-6,8H,2-4H2,1H3,(H,12,14). The summed E-state index contributed by atoms with van der Waals surface area (Å²) in [5.41, 5.74) is 0.742. The minimum absolute atomic E-state index is 0.0417. The molecular weight excluding hydrogens is 244 g/mol. The third kappa shape index (κ3) is 2.00. The van der Waals surface area contributed by atoms with Gasteiger partial charge >= 0.3 is 0 Å². The predicted octanol–water partition coefficient (Wildman–Crippen LogP) is 2.16. The first kappa shape index (κ1) is 9.77. The lowest BCUT2D eigenvalue weighted by Crippen LogP contribution is -2.27. The van der Waals surface area contributed by atoms with E-state index in [1.54, 1.807) is 0 Å². The molecule has 0 atom stereocenters. The molecule has 1 N–H and O–H groups in total. The van der Waals surface area contributed by atoms with Crippen LogP contribution in [0.5, 0.6) is 0 Å². The minimum Gasteiger partial charge on any atom is -0.348 e. The molecule has 0 spiro atoms. The van der Waals surface area contributed by atoms with E-state index in [1.807, 2.05) is 23.8 Å². The smallest absolute Gasteiger partial charge is 0.268 e. The highest BCUT2D eigenvalue weighted by molar-refractivity contribution is 9.10. The zero-order valence-electron chi connectivity index (χ0n) is 8.09. The molecule has 76 valence electrons. The second kappa shape index (κ2) is 3.77. The maximum Gasteiger partial charge on any atom is 0.268 e. The number of nitrogens with zero attached hydrogens (tertiary/aromatic N) is 1. The Morgan fingerprint density at radius 3 is 3.00 bits per heavy atom. The Balaban J connectivity index is 2.15. The van der Waals surface area contributed by atoms with E-state index in [9.17, 15) is 4.79 Å². The van der Waals surface area contributed by atoms with Crippen LogP contribution >= 0.6 is 15.9 Å². The van der Waals surface area contributed by atoms with E-state index in [1.165, 1.54) is 0 Å². The first-order valence-corrected chi connectivity index (χ1v) is 5.66. The van der Waals surface area contributed by atoms with Crippen molar-refractivity contribution in [3.8, 4) is 0 Å². The molecule has 1 aliphatic rings. The molecule has 1 fully saturated rings. The summed E-state index contributed by atoms with van der Waals surface area (Å²) in [5, 5.41) is 2.98. The molecule has 4 heteroatoms. The van der Waals surface area contributed by atoms with Gasteiger partial charge in [0.1, 0.15) is 5.69 Å². The number of nitrogens with one attached hydrogen (secondary N) is 1. The highest BCUT2D eigenvalue weighted by Crippen LogP contribution is 2.20. The van der Waals surface area contributed by atoms with Crippen LogP contribution in [0.3, 0.4) is 0 Å². The number of halogens is 1. The minimum atomic E-state index is 0.0417. The van der Waals surface area contributed by atoms with Gasteiger partial charge < -0.3 is 9.88 Å². The Kier molecular flexibility index (Phi) is 2.63. The lowest BCUT2D eigenvalue weighted by atomic mass is 10.4. The molecule has 1 amide bonds. The molecule has 14 heavy (non-hydrogen) atoms. The monoisotopic (exact) mass is 256 g/mol. The third-order valence-corrected chi connectivity index (χ3v) is 2.78. The van der Waals surface area contributed by atoms with Gasteiger partial charge in [-0.2, -0.15) is 0 Å². The fraction of sp³-hybridized carbons (Fsp3) is 0.500. The maximum absolute atomic E-state index is 11.7. The van der Waals surface area contributed by atoms with Gasteiger partial charge in [-0.15, -0.1) is 0 Å². The van der Waals surface area contributed by atoms with E-state index >= 15 is 0 Å². The lowest BCUT2D eigenvalue weighted by molar-refractivity contribution is 0.0942. The Bertz CT molecular complexity index is 355. The van der Waals surface area contributed by atoms with Gasteiger partial charge in [-0.1, -0.05) is 0 Å². The molecule has 0 aromatic carbocycles. The average Bonchev–Trinajstić information content (AvgIpc) is 2.87. The summed E-state index contributed by atoms with van der Waals surface area (Å²) in [6.45, 7) is 2.85. The molecule has 1 saturated carbocycles. The number of aryl methyl sites for hydroxylation is 1. The van der Waals surface area contributed by atoms with Crippen LogP contribution in [-0.4, -0.2) is 16.5 Å². The molecule has 2 rings (SSSR count). The molecule has 0 radical (unpaired) electrons. The molecule has 0 saturated heterocycles. The van der Waals surface area contributed by atoms with Crippen molar-refractivity contribution >= 4 is 21.8 Å². The SMILES string of the molecule is CCn1cc(Br)cc1C(=O)NC1CC1. The largest absolute Gasteiger partial charge is 0.348 e. The first-order valence-electron chi connectivity index (χ1n) is 4.87. The van der Waals surface area contributed by atoms with Crippen molar-refractivity contribution in [1.29, 1.82) is 0 Å². The fourth-order valence-electron chi connectivity index (χ4n) is 1.41. The molecule has 1 aliphatic carbocycles. The summed E-state index contributed by atoms with van der Waals surface area (Å²) in [5.74, 6) is 0.0417. The van der Waals surface area contributed by atoms with Gasteiger partial charge in [0.25, 0.3) is 5.91 Å². The summed E-state index contributed by atoms with van der Waals surface area (Å²) in [7, 11) is 0. The Morgan fingerprint density at radius 2 is 2.43 bits per heavy atom. The van der Waals surface area contributed by atoms with Crippen molar-refractivity contribution in [3.05, 3.63) is 22.4 Å². The van der Waals surface area contributed by atoms with E-state index in [0.29, 0.717) is 6.04 Å². The highest BCUT2D eigenvalue weighted by Gasteiger charge is 2.25. The van der Waals surface area contributed by atoms with Crippen molar-refractivity contribution in [2.75, 3.05) is 0 Å². The van der Waals surface area contributed by atoms with Crippen molar-refractivity contribution in [1.82, 2.24) is 9.88 Å². The quantitative estimate of drug-likeness (QED) is 0.884. The molecule has 1 heterocycles. The lowest BCUT2D eigenvalue weighted by Gasteiger charge is -2.05. The molecule has 1 aromatic heterocycles. The van der Waals surface area contributed by atoms with Gasteiger partial charge in [-0.3, -0.25) is 4.79 Å². The van der Waals surface area contributed by atoms with Gasteiger partial charge in [0, 0.05) is 23.3 Å². The number of amides is 1. The summed E-state index contributed by atoms with van der Waals surface area (Å²) in [6, 6.07) is 2.28. The van der Waals surface area contributed by atoms with Crippen molar-refractivity contribution in [2.24, 2.45) is 0 Å². The Hall–Kier alpha value is -0.770. The van der Waals surface area contributed by atoms with Crippen LogP contribution < -0.4 is 5.32 Å². The van der Waals surface area contributed by atoms with E-state index in [4.69, 9.17) is 0 Å². The number of hydrogen-bond acceptors (Lipinski definition) is 1. The number of hydrogen-bond donors (Lipinski definition) is 1. The van der Waals surface area contributed by atoms with Gasteiger partial charge in [0.05, 0.1) is 0 Å². The summed E-state index contributed by atoms with van der Waals surface area (Å²) >= 11 is 3.37. The summed E-state index contributed by atoms with van der Waals surface area (Å²) < 4.78 is 2.90. The zero-order chi connectivity index (χ0) is 10.1. The number of rotatable bonds is 3. The summed E-state index contributed by atoms with van der Waals surface area (Å²) in [4.78, 5) is 11.7. The van der Waals surface area contributed by atoms with Gasteiger partial charge in [0.15, 0.2) is 0 Å². The van der Waals surface area contributed by atoms with Crippen LogP contribution in [0.2, 0.25) is 0 Å². The second-order valence-electron chi connectivity index (χ2n) is 3.58. The molecule has 0 bridgehead atoms. The Labute approximate surface area is 91.6 Å². The normalized spacial score (nSPS) is 15.6. The molecule has 3 nitrogen and oxygen atoms in total. The number of carbonyl (C=O) groups is 1. The highest BCUT2D eigenvalue weighted by atomic mass is 79.9. The van der Waals surface area contributed by atoms with Crippen LogP contribution in [0.15, 0.2) is 16.7 Å². The van der Waals surface area contributed by atoms with Gasteiger partial charge in [-0.25, -0.2) is 0 Å². The van der Waals surface area contributed by atoms with Crippen molar-refractivity contribution in [2.45, 2.75) is 32.4 Å². The molecule has 0 aliphatic heterocycles. The average molecular weight is 257 g/mol. The molecule has 0 unspecified atom stereocenters. The van der Waals surface area contributed by atoms with Gasteiger partial charge in [-0.05, 0) is 41.8 Å². The predicted molar refractivity (Wildman–Crippen MR) is 58.3 cm³/mol. The van der Waals surface area contributed by atoms with E-state index in [-0.39, 0.29) is 5.91 Å². The van der Waals surface area contributed by atoms with Crippen LogP contribution in [0.1, 0.15) is 30.3 Å². The second-order valence-corrected chi connectivity index (χ2v) is 4.49. The Morgan fingerprint density at radius 1 is 1.71 bits per heavy atom. The number of carbonyl (C=O) groups excluding carboxylic acids is 1. The third-order valence-electron chi connectivity index (χ3n) is 2.35. The molecular formula is C10H13BrN2O. The van der Waals surface area contributed by atoms with Crippen LogP contribution in [0.25, 0.3) is 0 Å². The summed E-state index contributed by atoms with van der Waals surface area (Å²) in [6.07, 6.45) is 4.18. The van der Waals surface area contributed by atoms with E-state index in [2.05, 4.69) is 21.2 Å². The van der Waals surface area contributed by atoms with E-state index in [0.717, 1.165) is 29.6 Å². The van der Waals surface area contributed by atoms with Crippen molar-refractivity contribution in [3.63, 3.8) is 0 Å².